The summed E-state index contributed by atoms with van der Waals surface area (Å²) in [5.74, 6) is 2.15. The van der Waals surface area contributed by atoms with E-state index in [4.69, 9.17) is 4.74 Å². The summed E-state index contributed by atoms with van der Waals surface area (Å²) in [5, 5.41) is 4.46. The number of hydrogen-bond donors (Lipinski definition) is 1. The lowest BCUT2D eigenvalue weighted by molar-refractivity contribution is 0.414. The predicted octanol–water partition coefficient (Wildman–Crippen LogP) is 4.53. The third-order valence-electron chi connectivity index (χ3n) is 3.78. The molecule has 0 heterocycles. The van der Waals surface area contributed by atoms with Crippen LogP contribution in [0.3, 0.4) is 0 Å². The van der Waals surface area contributed by atoms with E-state index < -0.39 is 0 Å². The Balaban J connectivity index is 2.42. The SMILES string of the molecule is CCCNC(CCc1ccc(OC)cc1)CSC(C)CC. The molecule has 1 rings (SSSR count). The smallest absolute Gasteiger partial charge is 0.118 e. The van der Waals surface area contributed by atoms with Gasteiger partial charge in [0, 0.05) is 17.0 Å². The molecule has 0 fully saturated rings. The van der Waals surface area contributed by atoms with E-state index in [1.807, 2.05) is 0 Å². The average Bonchev–Trinajstić information content (AvgIpc) is 2.54. The van der Waals surface area contributed by atoms with Crippen molar-refractivity contribution in [3.05, 3.63) is 29.8 Å². The van der Waals surface area contributed by atoms with Crippen LogP contribution >= 0.6 is 11.8 Å². The van der Waals surface area contributed by atoms with Crippen LogP contribution in [0.1, 0.15) is 45.6 Å². The summed E-state index contributed by atoms with van der Waals surface area (Å²) in [5.41, 5.74) is 1.40. The number of nitrogens with one attached hydrogen (secondary N) is 1. The van der Waals surface area contributed by atoms with Gasteiger partial charge in [-0.3, -0.25) is 0 Å². The van der Waals surface area contributed by atoms with Gasteiger partial charge in [-0.2, -0.15) is 11.8 Å². The lowest BCUT2D eigenvalue weighted by Crippen LogP contribution is -2.33. The molecule has 1 aromatic carbocycles. The van der Waals surface area contributed by atoms with Crippen LogP contribution in [-0.4, -0.2) is 30.7 Å². The van der Waals surface area contributed by atoms with Crippen molar-refractivity contribution in [1.82, 2.24) is 5.32 Å². The number of methoxy groups -OCH3 is 1. The zero-order valence-electron chi connectivity index (χ0n) is 14.0. The first kappa shape index (κ1) is 18.4. The van der Waals surface area contributed by atoms with Gasteiger partial charge in [-0.15, -0.1) is 0 Å². The molecule has 0 aliphatic carbocycles. The van der Waals surface area contributed by atoms with Gasteiger partial charge in [-0.1, -0.05) is 32.9 Å². The Bertz CT molecular complexity index is 366. The van der Waals surface area contributed by atoms with E-state index in [0.29, 0.717) is 6.04 Å². The fourth-order valence-electron chi connectivity index (χ4n) is 2.12. The van der Waals surface area contributed by atoms with Gasteiger partial charge >= 0.3 is 0 Å². The molecule has 0 bridgehead atoms. The molecule has 21 heavy (non-hydrogen) atoms. The van der Waals surface area contributed by atoms with Gasteiger partial charge in [0.1, 0.15) is 5.75 Å². The largest absolute Gasteiger partial charge is 0.497 e. The number of rotatable bonds is 11. The zero-order chi connectivity index (χ0) is 15.5. The number of benzene rings is 1. The van der Waals surface area contributed by atoms with E-state index in [-0.39, 0.29) is 0 Å². The number of ether oxygens (including phenoxy) is 1. The van der Waals surface area contributed by atoms with Crippen molar-refractivity contribution in [2.45, 2.75) is 57.7 Å². The third-order valence-corrected chi connectivity index (χ3v) is 5.28. The maximum Gasteiger partial charge on any atom is 0.118 e. The first-order valence-electron chi connectivity index (χ1n) is 8.17. The van der Waals surface area contributed by atoms with Crippen LogP contribution < -0.4 is 10.1 Å². The van der Waals surface area contributed by atoms with Gasteiger partial charge in [-0.05, 0) is 49.9 Å². The molecule has 0 saturated carbocycles. The van der Waals surface area contributed by atoms with Crippen molar-refractivity contribution in [3.63, 3.8) is 0 Å². The Hall–Kier alpha value is -0.670. The Morgan fingerprint density at radius 2 is 1.90 bits per heavy atom. The maximum absolute atomic E-state index is 5.21. The first-order chi connectivity index (χ1) is 10.2. The molecule has 0 radical (unpaired) electrons. The summed E-state index contributed by atoms with van der Waals surface area (Å²) in [7, 11) is 1.71. The molecule has 0 amide bonds. The van der Waals surface area contributed by atoms with Gasteiger partial charge < -0.3 is 10.1 Å². The minimum atomic E-state index is 0.617. The van der Waals surface area contributed by atoms with E-state index >= 15 is 0 Å². The van der Waals surface area contributed by atoms with E-state index in [1.165, 1.54) is 30.6 Å². The van der Waals surface area contributed by atoms with E-state index in [9.17, 15) is 0 Å². The van der Waals surface area contributed by atoms with Crippen molar-refractivity contribution in [2.24, 2.45) is 0 Å². The van der Waals surface area contributed by atoms with Crippen molar-refractivity contribution >= 4 is 11.8 Å². The van der Waals surface area contributed by atoms with Crippen LogP contribution in [-0.2, 0) is 6.42 Å². The average molecular weight is 310 g/mol. The lowest BCUT2D eigenvalue weighted by atomic mass is 10.1. The van der Waals surface area contributed by atoms with E-state index in [2.05, 4.69) is 62.1 Å². The van der Waals surface area contributed by atoms with E-state index in [0.717, 1.165) is 24.0 Å². The minimum absolute atomic E-state index is 0.617. The lowest BCUT2D eigenvalue weighted by Gasteiger charge is -2.20. The Kier molecular flexibility index (Phi) is 9.60. The van der Waals surface area contributed by atoms with Gasteiger partial charge in [0.15, 0.2) is 0 Å². The van der Waals surface area contributed by atoms with Crippen LogP contribution in [0.5, 0.6) is 5.75 Å². The molecule has 2 atom stereocenters. The fourth-order valence-corrected chi connectivity index (χ4v) is 3.21. The normalized spacial score (nSPS) is 13.9. The highest BCUT2D eigenvalue weighted by Gasteiger charge is 2.10. The van der Waals surface area contributed by atoms with Crippen LogP contribution in [0, 0.1) is 0 Å². The molecule has 0 spiro atoms. The number of aryl methyl sites for hydroxylation is 1. The molecule has 2 nitrogen and oxygen atoms in total. The molecular formula is C18H31NOS. The standard InChI is InChI=1S/C18H31NOS/c1-5-13-19-17(14-21-15(3)6-2)10-7-16-8-11-18(20-4)12-9-16/h8-9,11-12,15,17,19H,5-7,10,13-14H2,1-4H3. The van der Waals surface area contributed by atoms with Gasteiger partial charge in [-0.25, -0.2) is 0 Å². The fraction of sp³-hybridized carbons (Fsp3) is 0.667. The molecule has 3 heteroatoms. The summed E-state index contributed by atoms with van der Waals surface area (Å²) >= 11 is 2.09. The Morgan fingerprint density at radius 1 is 1.19 bits per heavy atom. The summed E-state index contributed by atoms with van der Waals surface area (Å²) in [4.78, 5) is 0. The molecule has 0 aliphatic rings. The van der Waals surface area contributed by atoms with E-state index in [1.54, 1.807) is 7.11 Å². The van der Waals surface area contributed by atoms with Gasteiger partial charge in [0.2, 0.25) is 0 Å². The maximum atomic E-state index is 5.21. The van der Waals surface area contributed by atoms with Crippen molar-refractivity contribution in [1.29, 1.82) is 0 Å². The molecular weight excluding hydrogens is 278 g/mol. The number of thioether (sulfide) groups is 1. The molecule has 120 valence electrons. The highest BCUT2D eigenvalue weighted by molar-refractivity contribution is 7.99. The second-order valence-electron chi connectivity index (χ2n) is 5.59. The van der Waals surface area contributed by atoms with Gasteiger partial charge in [0.25, 0.3) is 0 Å². The Labute approximate surface area is 135 Å². The summed E-state index contributed by atoms with van der Waals surface area (Å²) in [6.45, 7) is 7.94. The van der Waals surface area contributed by atoms with Crippen molar-refractivity contribution in [3.8, 4) is 5.75 Å². The molecule has 2 unspecified atom stereocenters. The second kappa shape index (κ2) is 11.0. The van der Waals surface area contributed by atoms with Crippen molar-refractivity contribution < 1.29 is 4.74 Å². The predicted molar refractivity (Wildman–Crippen MR) is 95.6 cm³/mol. The highest BCUT2D eigenvalue weighted by atomic mass is 32.2. The minimum Gasteiger partial charge on any atom is -0.497 e. The van der Waals surface area contributed by atoms with Crippen molar-refractivity contribution in [2.75, 3.05) is 19.4 Å². The Morgan fingerprint density at radius 3 is 2.48 bits per heavy atom. The molecule has 1 N–H and O–H groups in total. The van der Waals surface area contributed by atoms with Crippen LogP contribution in [0.15, 0.2) is 24.3 Å². The molecule has 1 aromatic rings. The number of hydrogen-bond acceptors (Lipinski definition) is 3. The monoisotopic (exact) mass is 309 g/mol. The third kappa shape index (κ3) is 7.77. The highest BCUT2D eigenvalue weighted by Crippen LogP contribution is 2.18. The summed E-state index contributed by atoms with van der Waals surface area (Å²) in [6, 6.07) is 9.08. The zero-order valence-corrected chi connectivity index (χ0v) is 14.8. The van der Waals surface area contributed by atoms with Crippen LogP contribution in [0.4, 0.5) is 0 Å². The van der Waals surface area contributed by atoms with Crippen LogP contribution in [0.25, 0.3) is 0 Å². The summed E-state index contributed by atoms with van der Waals surface area (Å²) < 4.78 is 5.21. The first-order valence-corrected chi connectivity index (χ1v) is 9.22. The van der Waals surface area contributed by atoms with Gasteiger partial charge in [0.05, 0.1) is 7.11 Å². The topological polar surface area (TPSA) is 21.3 Å². The second-order valence-corrected chi connectivity index (χ2v) is 7.06. The van der Waals surface area contributed by atoms with Crippen LogP contribution in [0.2, 0.25) is 0 Å². The molecule has 0 saturated heterocycles. The summed E-state index contributed by atoms with van der Waals surface area (Å²) in [6.07, 6.45) is 4.79. The quantitative estimate of drug-likeness (QED) is 0.649. The molecule has 0 aromatic heterocycles. The molecule has 0 aliphatic heterocycles.